The van der Waals surface area contributed by atoms with E-state index in [0.717, 1.165) is 15.4 Å². The number of aromatic nitrogens is 3. The van der Waals surface area contributed by atoms with Gasteiger partial charge in [0.25, 0.3) is 5.56 Å². The summed E-state index contributed by atoms with van der Waals surface area (Å²) >= 11 is 0. The molecule has 1 heterocycles. The Labute approximate surface area is 130 Å². The Morgan fingerprint density at radius 2 is 2.17 bits per heavy atom. The first-order valence-electron chi connectivity index (χ1n) is 6.70. The van der Waals surface area contributed by atoms with Crippen molar-refractivity contribution in [2.75, 3.05) is 13.7 Å². The molecule has 0 aliphatic carbocycles. The highest BCUT2D eigenvalue weighted by Crippen LogP contribution is 2.06. The maximum Gasteiger partial charge on any atom is 0.352 e. The summed E-state index contributed by atoms with van der Waals surface area (Å²) in [4.78, 5) is 35.4. The van der Waals surface area contributed by atoms with Crippen molar-refractivity contribution in [3.63, 3.8) is 0 Å². The fourth-order valence-corrected chi connectivity index (χ4v) is 2.03. The number of methoxy groups -OCH3 is 1. The van der Waals surface area contributed by atoms with Gasteiger partial charge in [-0.25, -0.2) is 4.79 Å². The molecule has 23 heavy (non-hydrogen) atoms. The van der Waals surface area contributed by atoms with Crippen LogP contribution in [0.5, 0.6) is 0 Å². The fourth-order valence-electron chi connectivity index (χ4n) is 2.03. The van der Waals surface area contributed by atoms with Crippen LogP contribution >= 0.6 is 0 Å². The minimum Gasteiger partial charge on any atom is -0.389 e. The van der Waals surface area contributed by atoms with Crippen LogP contribution < -0.4 is 17.0 Å². The van der Waals surface area contributed by atoms with E-state index in [-0.39, 0.29) is 24.4 Å². The van der Waals surface area contributed by atoms with Crippen LogP contribution in [0.15, 0.2) is 40.1 Å². The van der Waals surface area contributed by atoms with Gasteiger partial charge in [0.05, 0.1) is 24.9 Å². The van der Waals surface area contributed by atoms with E-state index in [1.54, 1.807) is 12.1 Å². The van der Waals surface area contributed by atoms with Crippen LogP contribution in [0.25, 0.3) is 5.69 Å². The van der Waals surface area contributed by atoms with Gasteiger partial charge in [-0.15, -0.1) is 0 Å². The number of primary amides is 1. The summed E-state index contributed by atoms with van der Waals surface area (Å²) in [6.07, 6.45) is -0.0593. The molecule has 1 atom stereocenters. The van der Waals surface area contributed by atoms with Crippen molar-refractivity contribution in [3.8, 4) is 5.69 Å². The van der Waals surface area contributed by atoms with Crippen LogP contribution in [0.1, 0.15) is 10.4 Å². The van der Waals surface area contributed by atoms with Crippen molar-refractivity contribution in [2.45, 2.75) is 12.6 Å². The van der Waals surface area contributed by atoms with Crippen LogP contribution in [0.3, 0.4) is 0 Å². The number of carbonyl (C=O) groups is 1. The van der Waals surface area contributed by atoms with E-state index in [2.05, 4.69) is 5.10 Å². The molecule has 0 aliphatic heterocycles. The van der Waals surface area contributed by atoms with E-state index in [9.17, 15) is 19.5 Å². The summed E-state index contributed by atoms with van der Waals surface area (Å²) in [6.45, 7) is -0.255. The number of nitrogens with zero attached hydrogens (tertiary/aromatic N) is 3. The molecule has 122 valence electrons. The fraction of sp³-hybridized carbons (Fsp3) is 0.286. The summed E-state index contributed by atoms with van der Waals surface area (Å²) in [7, 11) is 1.39. The first-order chi connectivity index (χ1) is 10.9. The van der Waals surface area contributed by atoms with Gasteiger partial charge in [0.15, 0.2) is 0 Å². The molecule has 0 spiro atoms. The van der Waals surface area contributed by atoms with Gasteiger partial charge >= 0.3 is 5.69 Å². The molecular formula is C14H16N4O5. The van der Waals surface area contributed by atoms with Gasteiger partial charge in [-0.2, -0.15) is 9.78 Å². The molecular weight excluding hydrogens is 304 g/mol. The molecule has 2 rings (SSSR count). The van der Waals surface area contributed by atoms with Gasteiger partial charge in [0, 0.05) is 12.7 Å². The van der Waals surface area contributed by atoms with E-state index >= 15 is 0 Å². The average Bonchev–Trinajstić information content (AvgIpc) is 2.52. The smallest absolute Gasteiger partial charge is 0.352 e. The number of aliphatic hydroxyl groups excluding tert-OH is 1. The second-order valence-electron chi connectivity index (χ2n) is 4.81. The van der Waals surface area contributed by atoms with E-state index in [1.165, 1.54) is 19.2 Å². The van der Waals surface area contributed by atoms with E-state index in [4.69, 9.17) is 10.5 Å². The molecule has 0 radical (unpaired) electrons. The lowest BCUT2D eigenvalue weighted by atomic mass is 10.2. The first kappa shape index (κ1) is 16.6. The van der Waals surface area contributed by atoms with Crippen LogP contribution in [-0.4, -0.2) is 45.2 Å². The number of hydrogen-bond acceptors (Lipinski definition) is 6. The Bertz CT molecular complexity index is 826. The Kier molecular flexibility index (Phi) is 5.04. The maximum atomic E-state index is 12.4. The zero-order chi connectivity index (χ0) is 17.0. The second-order valence-corrected chi connectivity index (χ2v) is 4.81. The first-order valence-corrected chi connectivity index (χ1v) is 6.70. The molecule has 0 fully saturated rings. The largest absolute Gasteiger partial charge is 0.389 e. The van der Waals surface area contributed by atoms with Gasteiger partial charge in [-0.3, -0.25) is 14.2 Å². The van der Waals surface area contributed by atoms with Gasteiger partial charge < -0.3 is 15.6 Å². The van der Waals surface area contributed by atoms with Crippen LogP contribution in [-0.2, 0) is 11.3 Å². The van der Waals surface area contributed by atoms with Crippen molar-refractivity contribution >= 4 is 5.91 Å². The Hall–Kier alpha value is -2.78. The molecule has 1 aromatic carbocycles. The van der Waals surface area contributed by atoms with Gasteiger partial charge in [0.1, 0.15) is 6.20 Å². The highest BCUT2D eigenvalue weighted by atomic mass is 16.5. The molecule has 3 N–H and O–H groups in total. The number of amides is 1. The molecule has 1 aromatic heterocycles. The van der Waals surface area contributed by atoms with Crippen molar-refractivity contribution in [1.29, 1.82) is 0 Å². The zero-order valence-corrected chi connectivity index (χ0v) is 12.4. The third-order valence-electron chi connectivity index (χ3n) is 3.09. The summed E-state index contributed by atoms with van der Waals surface area (Å²) in [5, 5.41) is 13.5. The van der Waals surface area contributed by atoms with Crippen molar-refractivity contribution in [3.05, 3.63) is 56.9 Å². The number of nitrogens with two attached hydrogens (primary N) is 1. The topological polar surface area (TPSA) is 129 Å². The molecule has 0 aliphatic rings. The standard InChI is InChI=1S/C14H16N4O5/c1-23-8-11(19)7-17-12(20)6-16-18(14(17)22)10-4-2-3-9(5-10)13(15)21/h2-6,11,19H,7-8H2,1H3,(H2,15,21)/t11-/m1/s1. The molecule has 9 nitrogen and oxygen atoms in total. The Morgan fingerprint density at radius 1 is 1.43 bits per heavy atom. The molecule has 1 amide bonds. The minimum atomic E-state index is -1.02. The molecule has 2 aromatic rings. The number of benzene rings is 1. The van der Waals surface area contributed by atoms with E-state index in [0.29, 0.717) is 0 Å². The lowest BCUT2D eigenvalue weighted by molar-refractivity contribution is 0.0519. The number of carbonyl (C=O) groups excluding carboxylic acids is 1. The zero-order valence-electron chi connectivity index (χ0n) is 12.4. The lowest BCUT2D eigenvalue weighted by Crippen LogP contribution is -2.43. The highest BCUT2D eigenvalue weighted by molar-refractivity contribution is 5.93. The quantitative estimate of drug-likeness (QED) is 0.666. The number of aliphatic hydroxyl groups is 1. The summed E-state index contributed by atoms with van der Waals surface area (Å²) in [5.74, 6) is -0.649. The van der Waals surface area contributed by atoms with Crippen molar-refractivity contribution in [2.24, 2.45) is 5.73 Å². The number of hydrogen-bond donors (Lipinski definition) is 2. The van der Waals surface area contributed by atoms with Gasteiger partial charge in [0.2, 0.25) is 5.91 Å². The Balaban J connectivity index is 2.49. The van der Waals surface area contributed by atoms with Crippen LogP contribution in [0.4, 0.5) is 0 Å². The molecule has 0 bridgehead atoms. The molecule has 0 saturated carbocycles. The number of rotatable bonds is 6. The number of ether oxygens (including phenoxy) is 1. The van der Waals surface area contributed by atoms with Crippen LogP contribution in [0, 0.1) is 0 Å². The van der Waals surface area contributed by atoms with Crippen LogP contribution in [0.2, 0.25) is 0 Å². The lowest BCUT2D eigenvalue weighted by Gasteiger charge is -2.12. The predicted molar refractivity (Wildman–Crippen MR) is 80.5 cm³/mol. The summed E-state index contributed by atoms with van der Waals surface area (Å²) in [5.41, 5.74) is 4.30. The average molecular weight is 320 g/mol. The van der Waals surface area contributed by atoms with Gasteiger partial charge in [-0.05, 0) is 18.2 Å². The molecule has 0 unspecified atom stereocenters. The second kappa shape index (κ2) is 6.99. The van der Waals surface area contributed by atoms with Crippen molar-refractivity contribution < 1.29 is 14.6 Å². The monoisotopic (exact) mass is 320 g/mol. The molecule has 9 heteroatoms. The van der Waals surface area contributed by atoms with Crippen molar-refractivity contribution in [1.82, 2.24) is 14.3 Å². The SMILES string of the molecule is COC[C@H](O)Cn1c(=O)cnn(-c2cccc(C(N)=O)c2)c1=O. The maximum absolute atomic E-state index is 12.4. The summed E-state index contributed by atoms with van der Waals surface area (Å²) in [6, 6.07) is 5.96. The minimum absolute atomic E-state index is 0.0225. The third-order valence-corrected chi connectivity index (χ3v) is 3.09. The van der Waals surface area contributed by atoms with E-state index in [1.807, 2.05) is 0 Å². The van der Waals surface area contributed by atoms with Gasteiger partial charge in [-0.1, -0.05) is 6.07 Å². The third kappa shape index (κ3) is 3.71. The van der Waals surface area contributed by atoms with E-state index < -0.39 is 23.3 Å². The highest BCUT2D eigenvalue weighted by Gasteiger charge is 2.13. The normalized spacial score (nSPS) is 12.1. The Morgan fingerprint density at radius 3 is 2.83 bits per heavy atom. The molecule has 0 saturated heterocycles. The summed E-state index contributed by atoms with van der Waals surface area (Å²) < 4.78 is 6.56. The predicted octanol–water partition coefficient (Wildman–Crippen LogP) is -1.50.